The minimum atomic E-state index is 0.767. The number of furan rings is 1. The van der Waals surface area contributed by atoms with E-state index in [1.54, 1.807) is 17.6 Å². The zero-order chi connectivity index (χ0) is 16.7. The monoisotopic (exact) mass is 335 g/mol. The Morgan fingerprint density at radius 2 is 1.92 bits per heavy atom. The Labute approximate surface area is 143 Å². The number of fused-ring (bicyclic) bond motifs is 2. The summed E-state index contributed by atoms with van der Waals surface area (Å²) < 4.78 is 7.07. The summed E-state index contributed by atoms with van der Waals surface area (Å²) in [6.45, 7) is 6.26. The van der Waals surface area contributed by atoms with Crippen molar-refractivity contribution < 1.29 is 4.42 Å². The van der Waals surface area contributed by atoms with Crippen LogP contribution in [0.4, 0.5) is 5.13 Å². The van der Waals surface area contributed by atoms with Gasteiger partial charge in [0.15, 0.2) is 5.76 Å². The fourth-order valence-corrected chi connectivity index (χ4v) is 3.50. The van der Waals surface area contributed by atoms with Gasteiger partial charge in [0, 0.05) is 10.9 Å². The molecule has 0 bridgehead atoms. The fraction of sp³-hybridized carbons (Fsp3) is 0.158. The van der Waals surface area contributed by atoms with E-state index in [-0.39, 0.29) is 0 Å². The number of nitrogens with one attached hydrogen (secondary N) is 1. The lowest BCUT2D eigenvalue weighted by Crippen LogP contribution is -1.89. The van der Waals surface area contributed by atoms with E-state index >= 15 is 0 Å². The second kappa shape index (κ2) is 5.76. The molecule has 0 atom stereocenters. The Bertz CT molecular complexity index is 1040. The molecule has 0 spiro atoms. The zero-order valence-electron chi connectivity index (χ0n) is 13.8. The molecule has 0 saturated carbocycles. The van der Waals surface area contributed by atoms with Crippen molar-refractivity contribution in [2.24, 2.45) is 5.10 Å². The van der Waals surface area contributed by atoms with Crippen LogP contribution in [0.1, 0.15) is 22.5 Å². The number of aromatic nitrogens is 1. The topological polar surface area (TPSA) is 50.4 Å². The minimum absolute atomic E-state index is 0.767. The maximum absolute atomic E-state index is 5.93. The summed E-state index contributed by atoms with van der Waals surface area (Å²) in [4.78, 5) is 4.50. The van der Waals surface area contributed by atoms with Crippen LogP contribution in [-0.2, 0) is 0 Å². The predicted molar refractivity (Wildman–Crippen MR) is 101 cm³/mol. The van der Waals surface area contributed by atoms with Crippen molar-refractivity contribution in [1.82, 2.24) is 4.98 Å². The molecule has 0 aliphatic heterocycles. The number of para-hydroxylation sites is 1. The average molecular weight is 335 g/mol. The number of hydrazone groups is 1. The van der Waals surface area contributed by atoms with Crippen molar-refractivity contribution in [2.45, 2.75) is 20.8 Å². The largest absolute Gasteiger partial charge is 0.455 e. The van der Waals surface area contributed by atoms with Crippen LogP contribution < -0.4 is 5.43 Å². The molecule has 4 aromatic rings. The fourth-order valence-electron chi connectivity index (χ4n) is 2.68. The quantitative estimate of drug-likeness (QED) is 0.402. The molecule has 0 amide bonds. The molecule has 2 aromatic carbocycles. The molecule has 5 heteroatoms. The molecule has 0 aliphatic carbocycles. The summed E-state index contributed by atoms with van der Waals surface area (Å²) in [6.07, 6.45) is 1.71. The van der Waals surface area contributed by atoms with Gasteiger partial charge in [-0.2, -0.15) is 5.10 Å². The van der Waals surface area contributed by atoms with Crippen LogP contribution in [0.15, 0.2) is 45.9 Å². The zero-order valence-corrected chi connectivity index (χ0v) is 14.6. The van der Waals surface area contributed by atoms with Crippen LogP contribution in [-0.4, -0.2) is 11.2 Å². The molecule has 2 aromatic heterocycles. The van der Waals surface area contributed by atoms with Gasteiger partial charge in [-0.1, -0.05) is 23.5 Å². The highest BCUT2D eigenvalue weighted by Crippen LogP contribution is 2.28. The number of thiazole rings is 1. The van der Waals surface area contributed by atoms with Crippen LogP contribution >= 0.6 is 11.3 Å². The lowest BCUT2D eigenvalue weighted by molar-refractivity contribution is 0.604. The Morgan fingerprint density at radius 1 is 1.12 bits per heavy atom. The average Bonchev–Trinajstić information content (AvgIpc) is 3.10. The van der Waals surface area contributed by atoms with Gasteiger partial charge >= 0.3 is 0 Å². The SMILES string of the molecule is Cc1cc2oc(C=NNc3nc4ccccc4s3)c(C)c2cc1C. The molecule has 24 heavy (non-hydrogen) atoms. The minimum Gasteiger partial charge on any atom is -0.455 e. The normalized spacial score (nSPS) is 11.8. The molecule has 4 nitrogen and oxygen atoms in total. The van der Waals surface area contributed by atoms with Crippen molar-refractivity contribution in [3.63, 3.8) is 0 Å². The number of hydrogen-bond donors (Lipinski definition) is 1. The summed E-state index contributed by atoms with van der Waals surface area (Å²) in [7, 11) is 0. The van der Waals surface area contributed by atoms with E-state index in [1.807, 2.05) is 18.2 Å². The maximum atomic E-state index is 5.93. The van der Waals surface area contributed by atoms with Crippen molar-refractivity contribution in [1.29, 1.82) is 0 Å². The Morgan fingerprint density at radius 3 is 2.75 bits per heavy atom. The first-order chi connectivity index (χ1) is 11.6. The number of nitrogens with zero attached hydrogens (tertiary/aromatic N) is 2. The summed E-state index contributed by atoms with van der Waals surface area (Å²) in [6, 6.07) is 12.3. The van der Waals surface area contributed by atoms with Crippen molar-refractivity contribution in [3.05, 3.63) is 58.8 Å². The molecule has 0 unspecified atom stereocenters. The molecule has 0 radical (unpaired) electrons. The van der Waals surface area contributed by atoms with Crippen molar-refractivity contribution >= 4 is 43.9 Å². The Balaban J connectivity index is 1.61. The molecule has 2 heterocycles. The van der Waals surface area contributed by atoms with Crippen molar-refractivity contribution in [3.8, 4) is 0 Å². The third-order valence-corrected chi connectivity index (χ3v) is 5.17. The van der Waals surface area contributed by atoms with E-state index in [1.165, 1.54) is 11.1 Å². The number of rotatable bonds is 3. The van der Waals surface area contributed by atoms with Crippen LogP contribution in [0.2, 0.25) is 0 Å². The van der Waals surface area contributed by atoms with Gasteiger partial charge in [-0.05, 0) is 56.2 Å². The summed E-state index contributed by atoms with van der Waals surface area (Å²) in [5, 5.41) is 6.20. The molecule has 4 rings (SSSR count). The standard InChI is InChI=1S/C19H17N3OS/c1-11-8-14-13(3)17(23-16(14)9-12(11)2)10-20-22-19-21-15-6-4-5-7-18(15)24-19/h4-10H,1-3H3,(H,21,22). The van der Waals surface area contributed by atoms with E-state index in [2.05, 4.69) is 54.5 Å². The first kappa shape index (κ1) is 14.9. The van der Waals surface area contributed by atoms with E-state index in [9.17, 15) is 0 Å². The van der Waals surface area contributed by atoms with Crippen LogP contribution in [0.3, 0.4) is 0 Å². The molecule has 1 N–H and O–H groups in total. The van der Waals surface area contributed by atoms with Crippen LogP contribution in [0.25, 0.3) is 21.2 Å². The first-order valence-corrected chi connectivity index (χ1v) is 8.58. The lowest BCUT2D eigenvalue weighted by atomic mass is 10.1. The number of hydrogen-bond acceptors (Lipinski definition) is 5. The second-order valence-corrected chi connectivity index (χ2v) is 6.91. The Hall–Kier alpha value is -2.66. The van der Waals surface area contributed by atoms with Gasteiger partial charge < -0.3 is 4.42 Å². The maximum Gasteiger partial charge on any atom is 0.204 e. The molecule has 120 valence electrons. The molecule has 0 fully saturated rings. The van der Waals surface area contributed by atoms with E-state index in [0.717, 1.165) is 37.6 Å². The summed E-state index contributed by atoms with van der Waals surface area (Å²) >= 11 is 1.58. The highest BCUT2D eigenvalue weighted by Gasteiger charge is 2.10. The van der Waals surface area contributed by atoms with E-state index in [0.29, 0.717) is 0 Å². The lowest BCUT2D eigenvalue weighted by Gasteiger charge is -1.98. The summed E-state index contributed by atoms with van der Waals surface area (Å²) in [5.74, 6) is 0.767. The van der Waals surface area contributed by atoms with Gasteiger partial charge in [0.1, 0.15) is 5.58 Å². The molecular formula is C19H17N3OS. The molecule has 0 aliphatic rings. The van der Waals surface area contributed by atoms with Gasteiger partial charge in [-0.25, -0.2) is 4.98 Å². The highest BCUT2D eigenvalue weighted by atomic mass is 32.1. The van der Waals surface area contributed by atoms with Gasteiger partial charge in [0.2, 0.25) is 5.13 Å². The number of anilines is 1. The molecular weight excluding hydrogens is 318 g/mol. The van der Waals surface area contributed by atoms with Crippen LogP contribution in [0, 0.1) is 20.8 Å². The smallest absolute Gasteiger partial charge is 0.204 e. The second-order valence-electron chi connectivity index (χ2n) is 5.88. The number of benzene rings is 2. The van der Waals surface area contributed by atoms with Gasteiger partial charge in [0.05, 0.1) is 16.4 Å². The van der Waals surface area contributed by atoms with Gasteiger partial charge in [-0.15, -0.1) is 0 Å². The van der Waals surface area contributed by atoms with E-state index in [4.69, 9.17) is 4.42 Å². The van der Waals surface area contributed by atoms with Gasteiger partial charge in [-0.3, -0.25) is 5.43 Å². The summed E-state index contributed by atoms with van der Waals surface area (Å²) in [5.41, 5.74) is 8.47. The first-order valence-electron chi connectivity index (χ1n) is 7.77. The number of aryl methyl sites for hydroxylation is 3. The highest BCUT2D eigenvalue weighted by molar-refractivity contribution is 7.22. The molecule has 0 saturated heterocycles. The van der Waals surface area contributed by atoms with Crippen molar-refractivity contribution in [2.75, 3.05) is 5.43 Å². The Kier molecular flexibility index (Phi) is 3.58. The predicted octanol–water partition coefficient (Wildman–Crippen LogP) is 5.41. The third-order valence-electron chi connectivity index (χ3n) is 4.23. The third kappa shape index (κ3) is 2.57. The van der Waals surface area contributed by atoms with Crippen LogP contribution in [0.5, 0.6) is 0 Å². The van der Waals surface area contributed by atoms with Gasteiger partial charge in [0.25, 0.3) is 0 Å². The van der Waals surface area contributed by atoms with E-state index < -0.39 is 0 Å².